The van der Waals surface area contributed by atoms with E-state index in [0.29, 0.717) is 24.2 Å². The van der Waals surface area contributed by atoms with Gasteiger partial charge in [0, 0.05) is 17.8 Å². The number of rotatable bonds is 7. The molecule has 5 nitrogen and oxygen atoms in total. The number of anilines is 2. The summed E-state index contributed by atoms with van der Waals surface area (Å²) in [5, 5.41) is 2.76. The molecule has 0 radical (unpaired) electrons. The third kappa shape index (κ3) is 4.43. The number of amides is 1. The minimum Gasteiger partial charge on any atom is -0.326 e. The van der Waals surface area contributed by atoms with Crippen LogP contribution in [0.5, 0.6) is 0 Å². The van der Waals surface area contributed by atoms with Crippen molar-refractivity contribution in [1.29, 1.82) is 0 Å². The summed E-state index contributed by atoms with van der Waals surface area (Å²) in [6.45, 7) is 2.17. The second-order valence-electron chi connectivity index (χ2n) is 6.63. The van der Waals surface area contributed by atoms with Gasteiger partial charge in [-0.1, -0.05) is 31.9 Å². The van der Waals surface area contributed by atoms with E-state index in [1.54, 1.807) is 24.3 Å². The Morgan fingerprint density at radius 1 is 1.04 bits per heavy atom. The maximum atomic E-state index is 12.6. The highest BCUT2D eigenvalue weighted by Gasteiger charge is 2.20. The lowest BCUT2D eigenvalue weighted by Crippen LogP contribution is -2.20. The van der Waals surface area contributed by atoms with Gasteiger partial charge in [-0.25, -0.2) is 8.42 Å². The zero-order valence-corrected chi connectivity index (χ0v) is 15.7. The van der Waals surface area contributed by atoms with E-state index in [9.17, 15) is 13.2 Å². The first-order valence-electron chi connectivity index (χ1n) is 9.02. The van der Waals surface area contributed by atoms with Gasteiger partial charge in [-0.15, -0.1) is 0 Å². The van der Waals surface area contributed by atoms with Crippen LogP contribution < -0.4 is 10.0 Å². The van der Waals surface area contributed by atoms with Gasteiger partial charge >= 0.3 is 0 Å². The standard InChI is InChI=1S/C20H24N2O3S/c1-2-3-4-5-15-6-9-17(10-7-15)22-26(24,25)18-11-12-19-16(14-18)8-13-20(23)21-19/h6-7,9-12,14,22H,2-5,8,13H2,1H3,(H,21,23). The molecule has 0 bridgehead atoms. The van der Waals surface area contributed by atoms with Crippen LogP contribution in [0.25, 0.3) is 0 Å². The first-order chi connectivity index (χ1) is 12.5. The molecule has 0 spiro atoms. The molecule has 6 heteroatoms. The molecule has 2 aromatic carbocycles. The third-order valence-electron chi connectivity index (χ3n) is 4.56. The molecular formula is C20H24N2O3S. The van der Waals surface area contributed by atoms with Crippen LogP contribution in [0.15, 0.2) is 47.4 Å². The molecule has 0 saturated carbocycles. The number of hydrogen-bond acceptors (Lipinski definition) is 3. The summed E-state index contributed by atoms with van der Waals surface area (Å²) in [6, 6.07) is 12.3. The Hall–Kier alpha value is -2.34. The number of nitrogens with one attached hydrogen (secondary N) is 2. The van der Waals surface area contributed by atoms with Crippen molar-refractivity contribution in [2.45, 2.75) is 50.3 Å². The molecule has 1 aliphatic heterocycles. The summed E-state index contributed by atoms with van der Waals surface area (Å²) >= 11 is 0. The van der Waals surface area contributed by atoms with Gasteiger partial charge in [-0.05, 0) is 60.7 Å². The summed E-state index contributed by atoms with van der Waals surface area (Å²) < 4.78 is 27.9. The van der Waals surface area contributed by atoms with Crippen LogP contribution in [0.4, 0.5) is 11.4 Å². The van der Waals surface area contributed by atoms with Gasteiger partial charge in [0.15, 0.2) is 0 Å². The highest BCUT2D eigenvalue weighted by Crippen LogP contribution is 2.26. The van der Waals surface area contributed by atoms with Crippen molar-refractivity contribution in [2.75, 3.05) is 10.0 Å². The first-order valence-corrected chi connectivity index (χ1v) is 10.5. The molecule has 26 heavy (non-hydrogen) atoms. The van der Waals surface area contributed by atoms with E-state index in [1.807, 2.05) is 12.1 Å². The Morgan fingerprint density at radius 2 is 1.81 bits per heavy atom. The number of hydrogen-bond donors (Lipinski definition) is 2. The Labute approximate surface area is 154 Å². The lowest BCUT2D eigenvalue weighted by Gasteiger charge is -2.18. The number of unbranched alkanes of at least 4 members (excludes halogenated alkanes) is 2. The normalized spacial score (nSPS) is 13.8. The third-order valence-corrected chi connectivity index (χ3v) is 5.94. The average molecular weight is 372 g/mol. The van der Waals surface area contributed by atoms with Gasteiger partial charge in [-0.2, -0.15) is 0 Å². The van der Waals surface area contributed by atoms with E-state index < -0.39 is 10.0 Å². The largest absolute Gasteiger partial charge is 0.326 e. The highest BCUT2D eigenvalue weighted by molar-refractivity contribution is 7.92. The number of carbonyl (C=O) groups is 1. The lowest BCUT2D eigenvalue weighted by molar-refractivity contribution is -0.116. The van der Waals surface area contributed by atoms with Gasteiger partial charge in [0.25, 0.3) is 10.0 Å². The van der Waals surface area contributed by atoms with E-state index in [1.165, 1.54) is 24.5 Å². The van der Waals surface area contributed by atoms with Crippen molar-refractivity contribution in [3.8, 4) is 0 Å². The van der Waals surface area contributed by atoms with Gasteiger partial charge in [0.2, 0.25) is 5.91 Å². The van der Waals surface area contributed by atoms with Crippen molar-refractivity contribution in [3.05, 3.63) is 53.6 Å². The van der Waals surface area contributed by atoms with Crippen molar-refractivity contribution >= 4 is 27.3 Å². The molecule has 0 unspecified atom stereocenters. The van der Waals surface area contributed by atoms with E-state index in [4.69, 9.17) is 0 Å². The zero-order valence-electron chi connectivity index (χ0n) is 14.9. The van der Waals surface area contributed by atoms with E-state index in [2.05, 4.69) is 17.0 Å². The molecule has 1 aliphatic rings. The second kappa shape index (κ2) is 7.91. The summed E-state index contributed by atoms with van der Waals surface area (Å²) in [7, 11) is -3.66. The molecular weight excluding hydrogens is 348 g/mol. The molecule has 2 N–H and O–H groups in total. The summed E-state index contributed by atoms with van der Waals surface area (Å²) in [4.78, 5) is 11.6. The monoisotopic (exact) mass is 372 g/mol. The average Bonchev–Trinajstić information content (AvgIpc) is 2.62. The molecule has 0 aliphatic carbocycles. The van der Waals surface area contributed by atoms with E-state index in [-0.39, 0.29) is 10.8 Å². The maximum Gasteiger partial charge on any atom is 0.261 e. The van der Waals surface area contributed by atoms with E-state index in [0.717, 1.165) is 18.4 Å². The van der Waals surface area contributed by atoms with Crippen LogP contribution in [0.3, 0.4) is 0 Å². The molecule has 0 fully saturated rings. The molecule has 1 heterocycles. The molecule has 1 amide bonds. The van der Waals surface area contributed by atoms with Gasteiger partial charge < -0.3 is 5.32 Å². The van der Waals surface area contributed by atoms with Crippen molar-refractivity contribution in [2.24, 2.45) is 0 Å². The summed E-state index contributed by atoms with van der Waals surface area (Å²) in [5.74, 6) is -0.0368. The number of fused-ring (bicyclic) bond motifs is 1. The predicted molar refractivity (Wildman–Crippen MR) is 104 cm³/mol. The molecule has 2 aromatic rings. The quantitative estimate of drug-likeness (QED) is 0.718. The van der Waals surface area contributed by atoms with E-state index >= 15 is 0 Å². The number of aryl methyl sites for hydroxylation is 2. The van der Waals surface area contributed by atoms with Crippen LogP contribution in [0.2, 0.25) is 0 Å². The highest BCUT2D eigenvalue weighted by atomic mass is 32.2. The first kappa shape index (κ1) is 18.5. The fourth-order valence-corrected chi connectivity index (χ4v) is 4.17. The minimum absolute atomic E-state index is 0.0368. The topological polar surface area (TPSA) is 75.3 Å². The fraction of sp³-hybridized carbons (Fsp3) is 0.350. The van der Waals surface area contributed by atoms with Gasteiger partial charge in [0.1, 0.15) is 0 Å². The smallest absolute Gasteiger partial charge is 0.261 e. The summed E-state index contributed by atoms with van der Waals surface area (Å²) in [6.07, 6.45) is 5.47. The molecule has 0 saturated heterocycles. The maximum absolute atomic E-state index is 12.6. The van der Waals surface area contributed by atoms with Crippen LogP contribution >= 0.6 is 0 Å². The predicted octanol–water partition coefficient (Wildman–Crippen LogP) is 4.10. The fourth-order valence-electron chi connectivity index (χ4n) is 3.06. The number of sulfonamides is 1. The Kier molecular flexibility index (Phi) is 5.61. The Balaban J connectivity index is 1.72. The number of benzene rings is 2. The van der Waals surface area contributed by atoms with Crippen molar-refractivity contribution < 1.29 is 13.2 Å². The molecule has 0 atom stereocenters. The van der Waals surface area contributed by atoms with Crippen LogP contribution in [0, 0.1) is 0 Å². The van der Waals surface area contributed by atoms with Gasteiger partial charge in [-0.3, -0.25) is 9.52 Å². The van der Waals surface area contributed by atoms with Gasteiger partial charge in [0.05, 0.1) is 4.90 Å². The second-order valence-corrected chi connectivity index (χ2v) is 8.31. The van der Waals surface area contributed by atoms with Crippen molar-refractivity contribution in [1.82, 2.24) is 0 Å². The zero-order chi connectivity index (χ0) is 18.6. The minimum atomic E-state index is -3.66. The van der Waals surface area contributed by atoms with Crippen molar-refractivity contribution in [3.63, 3.8) is 0 Å². The number of carbonyl (C=O) groups excluding carboxylic acids is 1. The van der Waals surface area contributed by atoms with Crippen LogP contribution in [-0.4, -0.2) is 14.3 Å². The molecule has 138 valence electrons. The lowest BCUT2D eigenvalue weighted by atomic mass is 10.0. The van der Waals surface area contributed by atoms with Crippen LogP contribution in [-0.2, 0) is 27.7 Å². The Bertz CT molecular complexity index is 890. The molecule has 0 aromatic heterocycles. The molecule has 3 rings (SSSR count). The summed E-state index contributed by atoms with van der Waals surface area (Å²) in [5.41, 5.74) is 3.30. The Morgan fingerprint density at radius 3 is 2.54 bits per heavy atom. The SMILES string of the molecule is CCCCCc1ccc(NS(=O)(=O)c2ccc3c(c2)CCC(=O)N3)cc1. The van der Waals surface area contributed by atoms with Crippen LogP contribution in [0.1, 0.15) is 43.7 Å².